The fourth-order valence-electron chi connectivity index (χ4n) is 3.13. The summed E-state index contributed by atoms with van der Waals surface area (Å²) in [6, 6.07) is 15.9. The van der Waals surface area contributed by atoms with E-state index in [2.05, 4.69) is 10.3 Å². The van der Waals surface area contributed by atoms with Gasteiger partial charge in [-0.2, -0.15) is 0 Å². The minimum atomic E-state index is -0.540. The van der Waals surface area contributed by atoms with Gasteiger partial charge in [0.25, 0.3) is 5.56 Å². The van der Waals surface area contributed by atoms with Crippen LogP contribution in [0.4, 0.5) is 5.69 Å². The smallest absolute Gasteiger partial charge is 0.339 e. The average Bonchev–Trinajstić information content (AvgIpc) is 3.19. The Morgan fingerprint density at radius 3 is 2.67 bits per heavy atom. The molecule has 1 N–H and O–H groups in total. The number of hydrogen-bond donors (Lipinski definition) is 1. The van der Waals surface area contributed by atoms with Crippen molar-refractivity contribution >= 4 is 45.6 Å². The molecule has 0 saturated heterocycles. The van der Waals surface area contributed by atoms with E-state index in [4.69, 9.17) is 4.74 Å². The largest absolute Gasteiger partial charge is 0.456 e. The highest BCUT2D eigenvalue weighted by molar-refractivity contribution is 8.00. The Bertz CT molecular complexity index is 1380. The molecule has 1 amide bonds. The number of benzene rings is 2. The average molecular weight is 480 g/mol. The number of amides is 1. The third kappa shape index (κ3) is 5.50. The first kappa shape index (κ1) is 22.8. The van der Waals surface area contributed by atoms with E-state index in [0.29, 0.717) is 21.1 Å². The third-order valence-electron chi connectivity index (χ3n) is 4.78. The molecule has 2 aromatic heterocycles. The normalized spacial score (nSPS) is 10.8. The van der Waals surface area contributed by atoms with Crippen LogP contribution in [0.5, 0.6) is 0 Å². The number of aryl methyl sites for hydroxylation is 2. The Balaban J connectivity index is 1.39. The molecule has 2 aromatic carbocycles. The topological polar surface area (TPSA) is 89.8 Å². The zero-order valence-corrected chi connectivity index (χ0v) is 19.7. The summed E-state index contributed by atoms with van der Waals surface area (Å²) in [5.74, 6) is -0.567. The van der Waals surface area contributed by atoms with Crippen LogP contribution in [0.25, 0.3) is 4.96 Å². The molecule has 33 heavy (non-hydrogen) atoms. The Kier molecular flexibility index (Phi) is 6.90. The second kappa shape index (κ2) is 10.0. The summed E-state index contributed by atoms with van der Waals surface area (Å²) in [6.45, 7) is 3.70. The van der Waals surface area contributed by atoms with Crippen molar-refractivity contribution in [3.05, 3.63) is 92.8 Å². The lowest BCUT2D eigenvalue weighted by molar-refractivity contribution is -0.113. The van der Waals surface area contributed by atoms with E-state index >= 15 is 0 Å². The van der Waals surface area contributed by atoms with Crippen molar-refractivity contribution in [1.82, 2.24) is 9.38 Å². The second-order valence-corrected chi connectivity index (χ2v) is 9.21. The highest BCUT2D eigenvalue weighted by atomic mass is 32.2. The van der Waals surface area contributed by atoms with E-state index in [1.165, 1.54) is 33.6 Å². The van der Waals surface area contributed by atoms with Gasteiger partial charge in [-0.25, -0.2) is 9.78 Å². The minimum Gasteiger partial charge on any atom is -0.456 e. The van der Waals surface area contributed by atoms with Crippen molar-refractivity contribution in [3.63, 3.8) is 0 Å². The van der Waals surface area contributed by atoms with Crippen molar-refractivity contribution in [2.75, 3.05) is 11.1 Å². The maximum absolute atomic E-state index is 12.7. The molecule has 168 valence electrons. The zero-order valence-electron chi connectivity index (χ0n) is 18.0. The molecular weight excluding hydrogens is 458 g/mol. The number of thioether (sulfide) groups is 1. The molecule has 0 atom stereocenters. The molecule has 9 heteroatoms. The standard InChI is InChI=1S/C24H21N3O4S2/c1-15-7-9-17(10-8-15)25-21(28)14-32-20-6-4-3-5-19(20)23(30)31-12-18-11-22(29)27-16(2)13-33-24(27)26-18/h3-11,13H,12,14H2,1-2H3,(H,25,28). The van der Waals surface area contributed by atoms with Gasteiger partial charge in [-0.05, 0) is 38.1 Å². The number of hydrogen-bond acceptors (Lipinski definition) is 7. The van der Waals surface area contributed by atoms with Crippen LogP contribution < -0.4 is 10.9 Å². The van der Waals surface area contributed by atoms with E-state index in [-0.39, 0.29) is 23.8 Å². The number of fused-ring (bicyclic) bond motifs is 1. The summed E-state index contributed by atoms with van der Waals surface area (Å²) >= 11 is 2.61. The summed E-state index contributed by atoms with van der Waals surface area (Å²) < 4.78 is 6.94. The van der Waals surface area contributed by atoms with E-state index in [1.807, 2.05) is 43.5 Å². The number of esters is 1. The number of rotatable bonds is 7. The van der Waals surface area contributed by atoms with Gasteiger partial charge in [0, 0.05) is 27.7 Å². The van der Waals surface area contributed by atoms with Gasteiger partial charge in [0.15, 0.2) is 4.96 Å². The summed E-state index contributed by atoms with van der Waals surface area (Å²) in [5.41, 5.74) is 3.18. The quantitative estimate of drug-likeness (QED) is 0.311. The first-order valence-corrected chi connectivity index (χ1v) is 12.0. The summed E-state index contributed by atoms with van der Waals surface area (Å²) in [5, 5.41) is 4.69. The lowest BCUT2D eigenvalue weighted by atomic mass is 10.2. The molecule has 0 aliphatic carbocycles. The highest BCUT2D eigenvalue weighted by Gasteiger charge is 2.15. The minimum absolute atomic E-state index is 0.117. The van der Waals surface area contributed by atoms with Crippen LogP contribution in [-0.2, 0) is 16.1 Å². The summed E-state index contributed by atoms with van der Waals surface area (Å²) in [4.78, 5) is 42.9. The predicted molar refractivity (Wildman–Crippen MR) is 130 cm³/mol. The van der Waals surface area contributed by atoms with Crippen molar-refractivity contribution in [1.29, 1.82) is 0 Å². The Morgan fingerprint density at radius 2 is 1.88 bits per heavy atom. The van der Waals surface area contributed by atoms with Gasteiger partial charge in [0.2, 0.25) is 5.91 Å². The molecule has 0 saturated carbocycles. The fraction of sp³-hybridized carbons (Fsp3) is 0.167. The Labute approximate surface area is 198 Å². The molecule has 0 unspecified atom stereocenters. The zero-order chi connectivity index (χ0) is 23.4. The molecule has 4 aromatic rings. The molecule has 0 radical (unpaired) electrons. The van der Waals surface area contributed by atoms with Crippen LogP contribution in [0.2, 0.25) is 0 Å². The van der Waals surface area contributed by atoms with Crippen LogP contribution in [-0.4, -0.2) is 27.0 Å². The van der Waals surface area contributed by atoms with Gasteiger partial charge in [0.1, 0.15) is 6.61 Å². The molecule has 0 spiro atoms. The lowest BCUT2D eigenvalue weighted by Gasteiger charge is -2.10. The maximum atomic E-state index is 12.7. The number of nitrogens with zero attached hydrogens (tertiary/aromatic N) is 2. The van der Waals surface area contributed by atoms with Crippen LogP contribution >= 0.6 is 23.1 Å². The molecule has 7 nitrogen and oxygen atoms in total. The summed E-state index contributed by atoms with van der Waals surface area (Å²) in [6.07, 6.45) is 0. The van der Waals surface area contributed by atoms with E-state index in [9.17, 15) is 14.4 Å². The van der Waals surface area contributed by atoms with Gasteiger partial charge in [0.05, 0.1) is 17.0 Å². The number of nitrogens with one attached hydrogen (secondary N) is 1. The van der Waals surface area contributed by atoms with Gasteiger partial charge in [-0.3, -0.25) is 14.0 Å². The third-order valence-corrected chi connectivity index (χ3v) is 6.80. The molecule has 4 rings (SSSR count). The van der Waals surface area contributed by atoms with E-state index in [1.54, 1.807) is 24.3 Å². The molecule has 2 heterocycles. The van der Waals surface area contributed by atoms with Crippen LogP contribution in [0.15, 0.2) is 69.7 Å². The van der Waals surface area contributed by atoms with Gasteiger partial charge in [-0.1, -0.05) is 29.8 Å². The number of thiazole rings is 1. The van der Waals surface area contributed by atoms with Crippen LogP contribution in [0.3, 0.4) is 0 Å². The molecule has 0 fully saturated rings. The highest BCUT2D eigenvalue weighted by Crippen LogP contribution is 2.24. The second-order valence-electron chi connectivity index (χ2n) is 7.36. The Morgan fingerprint density at radius 1 is 1.12 bits per heavy atom. The molecular formula is C24H21N3O4S2. The van der Waals surface area contributed by atoms with Crippen molar-refractivity contribution in [2.24, 2.45) is 0 Å². The van der Waals surface area contributed by atoms with Crippen LogP contribution in [0.1, 0.15) is 27.3 Å². The SMILES string of the molecule is Cc1ccc(NC(=O)CSc2ccccc2C(=O)OCc2cc(=O)n3c(C)csc3n2)cc1. The maximum Gasteiger partial charge on any atom is 0.339 e. The Hall–Kier alpha value is -3.43. The monoisotopic (exact) mass is 479 g/mol. The first-order valence-electron chi connectivity index (χ1n) is 10.1. The number of carbonyl (C=O) groups is 2. The number of ether oxygens (including phenoxy) is 1. The summed E-state index contributed by atoms with van der Waals surface area (Å²) in [7, 11) is 0. The van der Waals surface area contributed by atoms with E-state index < -0.39 is 5.97 Å². The molecule has 0 aliphatic heterocycles. The molecule has 0 aliphatic rings. The van der Waals surface area contributed by atoms with E-state index in [0.717, 1.165) is 16.9 Å². The van der Waals surface area contributed by atoms with Crippen LogP contribution in [0, 0.1) is 13.8 Å². The predicted octanol–water partition coefficient (Wildman–Crippen LogP) is 4.46. The number of aromatic nitrogens is 2. The molecule has 0 bridgehead atoms. The van der Waals surface area contributed by atoms with Crippen molar-refractivity contribution < 1.29 is 14.3 Å². The van der Waals surface area contributed by atoms with Gasteiger partial charge in [-0.15, -0.1) is 23.1 Å². The van der Waals surface area contributed by atoms with Crippen molar-refractivity contribution in [2.45, 2.75) is 25.3 Å². The number of carbonyl (C=O) groups excluding carboxylic acids is 2. The van der Waals surface area contributed by atoms with Gasteiger partial charge >= 0.3 is 5.97 Å². The van der Waals surface area contributed by atoms with Crippen molar-refractivity contribution in [3.8, 4) is 0 Å². The number of anilines is 1. The lowest BCUT2D eigenvalue weighted by Crippen LogP contribution is -2.16. The fourth-order valence-corrected chi connectivity index (χ4v) is 4.86. The first-order chi connectivity index (χ1) is 15.9. The van der Waals surface area contributed by atoms with Gasteiger partial charge < -0.3 is 10.1 Å².